The van der Waals surface area contributed by atoms with Crippen LogP contribution in [0.1, 0.15) is 17.3 Å². The minimum absolute atomic E-state index is 0.289. The fourth-order valence-electron chi connectivity index (χ4n) is 0.968. The molecule has 68 valence electrons. The molecule has 0 radical (unpaired) electrons. The van der Waals surface area contributed by atoms with E-state index in [9.17, 15) is 9.70 Å². The van der Waals surface area contributed by atoms with Crippen LogP contribution in [-0.4, -0.2) is 17.5 Å². The third-order valence-electron chi connectivity index (χ3n) is 1.65. The molecule has 0 spiro atoms. The van der Waals surface area contributed by atoms with Crippen LogP contribution in [0, 0.1) is 4.91 Å². The normalized spacial score (nSPS) is 9.31. The van der Waals surface area contributed by atoms with Gasteiger partial charge in [0, 0.05) is 12.1 Å². The summed E-state index contributed by atoms with van der Waals surface area (Å²) in [7, 11) is 0. The number of nitrogens with zero attached hydrogens (tertiary/aromatic N) is 2. The first kappa shape index (κ1) is 9.38. The second kappa shape index (κ2) is 4.35. The maximum Gasteiger partial charge on any atom is 0.276 e. The van der Waals surface area contributed by atoms with Gasteiger partial charge in [-0.05, 0) is 19.1 Å². The maximum absolute atomic E-state index is 11.4. The van der Waals surface area contributed by atoms with Crippen molar-refractivity contribution in [2.24, 2.45) is 5.29 Å². The summed E-state index contributed by atoms with van der Waals surface area (Å²) < 4.78 is 0. The highest BCUT2D eigenvalue weighted by Gasteiger charge is 2.13. The summed E-state index contributed by atoms with van der Waals surface area (Å²) in [6.45, 7) is 1.99. The lowest BCUT2D eigenvalue weighted by Crippen LogP contribution is -2.24. The molecule has 0 heterocycles. The van der Waals surface area contributed by atoms with Crippen LogP contribution < -0.4 is 0 Å². The SMILES string of the molecule is CCN(N=O)C(=O)c1ccccc1. The largest absolute Gasteiger partial charge is 0.276 e. The molecule has 0 atom stereocenters. The van der Waals surface area contributed by atoms with Gasteiger partial charge < -0.3 is 0 Å². The van der Waals surface area contributed by atoms with E-state index in [-0.39, 0.29) is 12.5 Å². The molecule has 4 nitrogen and oxygen atoms in total. The Morgan fingerprint density at radius 2 is 2.00 bits per heavy atom. The Bertz CT molecular complexity index is 298. The Morgan fingerprint density at radius 3 is 2.46 bits per heavy atom. The minimum Gasteiger partial charge on any atom is -0.267 e. The van der Waals surface area contributed by atoms with Gasteiger partial charge in [0.25, 0.3) is 5.91 Å². The zero-order chi connectivity index (χ0) is 9.68. The first-order valence-electron chi connectivity index (χ1n) is 3.99. The Morgan fingerprint density at radius 1 is 1.38 bits per heavy atom. The highest BCUT2D eigenvalue weighted by molar-refractivity contribution is 5.93. The summed E-state index contributed by atoms with van der Waals surface area (Å²) in [6.07, 6.45) is 0. The maximum atomic E-state index is 11.4. The molecule has 0 fully saturated rings. The lowest BCUT2D eigenvalue weighted by Gasteiger charge is -2.09. The molecule has 0 saturated heterocycles. The topological polar surface area (TPSA) is 49.7 Å². The lowest BCUT2D eigenvalue weighted by molar-refractivity contribution is 0.0766. The number of carbonyl (C=O) groups is 1. The van der Waals surface area contributed by atoms with Gasteiger partial charge in [0.1, 0.15) is 0 Å². The molecule has 0 saturated carbocycles. The van der Waals surface area contributed by atoms with Crippen molar-refractivity contribution in [2.45, 2.75) is 6.92 Å². The molecule has 13 heavy (non-hydrogen) atoms. The van der Waals surface area contributed by atoms with Crippen molar-refractivity contribution in [1.29, 1.82) is 0 Å². The van der Waals surface area contributed by atoms with E-state index in [0.29, 0.717) is 5.56 Å². The van der Waals surface area contributed by atoms with Gasteiger partial charge in [-0.15, -0.1) is 4.91 Å². The van der Waals surface area contributed by atoms with E-state index in [4.69, 9.17) is 0 Å². The number of nitroso groups, excluding NO2 is 1. The summed E-state index contributed by atoms with van der Waals surface area (Å²) in [4.78, 5) is 21.6. The van der Waals surface area contributed by atoms with Crippen LogP contribution in [0.3, 0.4) is 0 Å². The van der Waals surface area contributed by atoms with Gasteiger partial charge in [-0.1, -0.05) is 18.2 Å². The number of benzene rings is 1. The Hall–Kier alpha value is -1.71. The number of hydrogen-bond acceptors (Lipinski definition) is 3. The van der Waals surface area contributed by atoms with E-state index in [1.807, 2.05) is 0 Å². The first-order valence-corrected chi connectivity index (χ1v) is 3.99. The molecule has 1 aromatic rings. The third-order valence-corrected chi connectivity index (χ3v) is 1.65. The van der Waals surface area contributed by atoms with Crippen molar-refractivity contribution in [3.8, 4) is 0 Å². The predicted octanol–water partition coefficient (Wildman–Crippen LogP) is 1.83. The van der Waals surface area contributed by atoms with Crippen LogP contribution in [0.5, 0.6) is 0 Å². The fraction of sp³-hybridized carbons (Fsp3) is 0.222. The Kier molecular flexibility index (Phi) is 3.14. The van der Waals surface area contributed by atoms with E-state index in [2.05, 4.69) is 5.29 Å². The first-order chi connectivity index (χ1) is 6.29. The van der Waals surface area contributed by atoms with Crippen molar-refractivity contribution in [1.82, 2.24) is 5.01 Å². The zero-order valence-corrected chi connectivity index (χ0v) is 7.30. The average molecular weight is 178 g/mol. The molecular weight excluding hydrogens is 168 g/mol. The molecule has 1 aromatic carbocycles. The average Bonchev–Trinajstić information content (AvgIpc) is 2.21. The molecule has 1 rings (SSSR count). The monoisotopic (exact) mass is 178 g/mol. The molecule has 0 bridgehead atoms. The molecule has 0 aliphatic rings. The summed E-state index contributed by atoms with van der Waals surface area (Å²) >= 11 is 0. The second-order valence-electron chi connectivity index (χ2n) is 2.47. The Balaban J connectivity index is 2.84. The van der Waals surface area contributed by atoms with E-state index in [1.54, 1.807) is 37.3 Å². The van der Waals surface area contributed by atoms with E-state index in [1.165, 1.54) is 0 Å². The smallest absolute Gasteiger partial charge is 0.267 e. The van der Waals surface area contributed by atoms with Gasteiger partial charge in [0.2, 0.25) is 0 Å². The summed E-state index contributed by atoms with van der Waals surface area (Å²) in [5, 5.41) is 3.50. The molecule has 0 aliphatic carbocycles. The minimum atomic E-state index is -0.363. The molecule has 0 aliphatic heterocycles. The number of hydrogen-bond donors (Lipinski definition) is 0. The lowest BCUT2D eigenvalue weighted by atomic mass is 10.2. The summed E-state index contributed by atoms with van der Waals surface area (Å²) in [5.74, 6) is -0.363. The van der Waals surface area contributed by atoms with Crippen LogP contribution in [-0.2, 0) is 0 Å². The van der Waals surface area contributed by atoms with Gasteiger partial charge in [-0.2, -0.15) is 5.01 Å². The fourth-order valence-corrected chi connectivity index (χ4v) is 0.968. The molecule has 1 amide bonds. The third kappa shape index (κ3) is 2.11. The number of amides is 1. The molecule has 0 unspecified atom stereocenters. The van der Waals surface area contributed by atoms with E-state index in [0.717, 1.165) is 5.01 Å². The van der Waals surface area contributed by atoms with E-state index >= 15 is 0 Å². The summed E-state index contributed by atoms with van der Waals surface area (Å²) in [5.41, 5.74) is 0.476. The van der Waals surface area contributed by atoms with Crippen molar-refractivity contribution in [2.75, 3.05) is 6.54 Å². The van der Waals surface area contributed by atoms with Gasteiger partial charge in [-0.3, -0.25) is 4.79 Å². The van der Waals surface area contributed by atoms with Gasteiger partial charge in [-0.25, -0.2) is 0 Å². The highest BCUT2D eigenvalue weighted by Crippen LogP contribution is 2.04. The number of rotatable bonds is 3. The van der Waals surface area contributed by atoms with Crippen molar-refractivity contribution < 1.29 is 4.79 Å². The summed E-state index contributed by atoms with van der Waals surface area (Å²) in [6, 6.07) is 8.59. The standard InChI is InChI=1S/C9H10N2O2/c1-2-11(10-13)9(12)8-6-4-3-5-7-8/h3-7H,2H2,1H3. The molecule has 0 N–H and O–H groups in total. The van der Waals surface area contributed by atoms with Crippen LogP contribution in [0.25, 0.3) is 0 Å². The molecule has 0 aromatic heterocycles. The van der Waals surface area contributed by atoms with Crippen molar-refractivity contribution in [3.05, 3.63) is 40.8 Å². The van der Waals surface area contributed by atoms with Gasteiger partial charge in [0.15, 0.2) is 0 Å². The van der Waals surface area contributed by atoms with Crippen LogP contribution in [0.4, 0.5) is 0 Å². The highest BCUT2D eigenvalue weighted by atomic mass is 16.3. The van der Waals surface area contributed by atoms with E-state index < -0.39 is 0 Å². The molecular formula is C9H10N2O2. The van der Waals surface area contributed by atoms with Crippen LogP contribution in [0.15, 0.2) is 35.6 Å². The number of carbonyl (C=O) groups excluding carboxylic acids is 1. The van der Waals surface area contributed by atoms with Crippen LogP contribution in [0.2, 0.25) is 0 Å². The van der Waals surface area contributed by atoms with Crippen LogP contribution >= 0.6 is 0 Å². The van der Waals surface area contributed by atoms with Crippen molar-refractivity contribution >= 4 is 5.91 Å². The van der Waals surface area contributed by atoms with Gasteiger partial charge in [0.05, 0.1) is 5.29 Å². The molecule has 4 heteroatoms. The quantitative estimate of drug-likeness (QED) is 0.523. The zero-order valence-electron chi connectivity index (χ0n) is 7.30. The van der Waals surface area contributed by atoms with Gasteiger partial charge >= 0.3 is 0 Å². The Labute approximate surface area is 76.1 Å². The second-order valence-corrected chi connectivity index (χ2v) is 2.47. The van der Waals surface area contributed by atoms with Crippen molar-refractivity contribution in [3.63, 3.8) is 0 Å². The predicted molar refractivity (Wildman–Crippen MR) is 48.9 cm³/mol.